The zero-order valence-corrected chi connectivity index (χ0v) is 20.1. The topological polar surface area (TPSA) is 97.2 Å². The average molecular weight is 517 g/mol. The number of hydrogen-bond donors (Lipinski definition) is 2. The van der Waals surface area contributed by atoms with Gasteiger partial charge in [-0.15, -0.1) is 0 Å². The van der Waals surface area contributed by atoms with E-state index < -0.39 is 47.6 Å². The van der Waals surface area contributed by atoms with Crippen molar-refractivity contribution in [3.63, 3.8) is 0 Å². The van der Waals surface area contributed by atoms with Crippen LogP contribution in [0.15, 0.2) is 53.3 Å². The van der Waals surface area contributed by atoms with Crippen molar-refractivity contribution in [3.05, 3.63) is 81.7 Å². The van der Waals surface area contributed by atoms with Gasteiger partial charge in [0.1, 0.15) is 17.3 Å². The fourth-order valence-electron chi connectivity index (χ4n) is 4.10. The molecule has 0 radical (unpaired) electrons. The second-order valence-corrected chi connectivity index (χ2v) is 8.71. The Morgan fingerprint density at radius 2 is 1.86 bits per heavy atom. The highest BCUT2D eigenvalue weighted by molar-refractivity contribution is 5.99. The molecule has 0 saturated carbocycles. The average Bonchev–Trinajstić information content (AvgIpc) is 3.15. The molecule has 0 amide bonds. The molecule has 194 valence electrons. The van der Waals surface area contributed by atoms with Crippen LogP contribution >= 0.6 is 0 Å². The summed E-state index contributed by atoms with van der Waals surface area (Å²) in [6.07, 6.45) is -6.82. The van der Waals surface area contributed by atoms with Gasteiger partial charge in [0.15, 0.2) is 5.78 Å². The fourth-order valence-corrected chi connectivity index (χ4v) is 4.10. The molecule has 4 aromatic rings. The molecule has 4 rings (SSSR count). The van der Waals surface area contributed by atoms with Crippen molar-refractivity contribution in [2.45, 2.75) is 31.5 Å². The van der Waals surface area contributed by atoms with Crippen molar-refractivity contribution in [1.29, 1.82) is 0 Å². The molecule has 1 unspecified atom stereocenters. The van der Waals surface area contributed by atoms with Crippen LogP contribution in [-0.4, -0.2) is 38.7 Å². The minimum atomic E-state index is -5.17. The number of fused-ring (bicyclic) bond motifs is 1. The largest absolute Gasteiger partial charge is 0.494 e. The van der Waals surface area contributed by atoms with Crippen molar-refractivity contribution in [3.8, 4) is 17.0 Å². The zero-order valence-electron chi connectivity index (χ0n) is 20.1. The SMILES string of the molecule is COc1ccc(C(O)(CCC(=O)c2ccc3c(c2)[nH]c(=O)n3C)C(F)(F)F)nc1-c1ccc(F)c(C)c1. The molecule has 11 heteroatoms. The summed E-state index contributed by atoms with van der Waals surface area (Å²) in [5.41, 5.74) is -3.08. The summed E-state index contributed by atoms with van der Waals surface area (Å²) in [4.78, 5) is 31.2. The summed E-state index contributed by atoms with van der Waals surface area (Å²) in [5.74, 6) is -1.03. The van der Waals surface area contributed by atoms with E-state index in [9.17, 15) is 32.3 Å². The van der Waals surface area contributed by atoms with Gasteiger partial charge in [0.2, 0.25) is 5.60 Å². The number of carbonyl (C=O) groups is 1. The fraction of sp³-hybridized carbons (Fsp3) is 0.269. The van der Waals surface area contributed by atoms with Crippen LogP contribution in [0.25, 0.3) is 22.3 Å². The number of benzene rings is 2. The number of H-pyrrole nitrogens is 1. The van der Waals surface area contributed by atoms with Crippen LogP contribution in [0.3, 0.4) is 0 Å². The maximum atomic E-state index is 14.2. The van der Waals surface area contributed by atoms with Crippen LogP contribution in [0, 0.1) is 12.7 Å². The van der Waals surface area contributed by atoms with Gasteiger partial charge < -0.3 is 14.8 Å². The second-order valence-electron chi connectivity index (χ2n) is 8.71. The number of nitrogens with one attached hydrogen (secondary N) is 1. The summed E-state index contributed by atoms with van der Waals surface area (Å²) >= 11 is 0. The molecule has 0 fully saturated rings. The Labute approximate surface area is 208 Å². The van der Waals surface area contributed by atoms with Gasteiger partial charge in [-0.1, -0.05) is 0 Å². The lowest BCUT2D eigenvalue weighted by atomic mass is 9.89. The third-order valence-corrected chi connectivity index (χ3v) is 6.34. The van der Waals surface area contributed by atoms with Gasteiger partial charge in [0.25, 0.3) is 0 Å². The summed E-state index contributed by atoms with van der Waals surface area (Å²) < 4.78 is 62.9. The van der Waals surface area contributed by atoms with Gasteiger partial charge in [0, 0.05) is 24.6 Å². The number of hydrogen-bond acceptors (Lipinski definition) is 5. The smallest absolute Gasteiger partial charge is 0.422 e. The maximum absolute atomic E-state index is 14.2. The van der Waals surface area contributed by atoms with E-state index in [1.807, 2.05) is 0 Å². The molecule has 7 nitrogen and oxygen atoms in total. The summed E-state index contributed by atoms with van der Waals surface area (Å²) in [6, 6.07) is 10.4. The standard InChI is InChI=1S/C26H23F4N3O4/c1-14-12-16(4-6-17(14)27)23-21(37-3)8-9-22(32-23)25(36,26(28,29)30)11-10-20(34)15-5-7-19-18(13-15)31-24(35)33(19)2/h4-9,12-13,36H,10-11H2,1-3H3,(H,31,35). The summed E-state index contributed by atoms with van der Waals surface area (Å²) in [7, 11) is 2.84. The minimum absolute atomic E-state index is 0.0180. The van der Waals surface area contributed by atoms with E-state index in [0.717, 1.165) is 12.1 Å². The second kappa shape index (κ2) is 9.47. The number of carbonyl (C=O) groups excluding carboxylic acids is 1. The Balaban J connectivity index is 1.69. The predicted molar refractivity (Wildman–Crippen MR) is 128 cm³/mol. The summed E-state index contributed by atoms with van der Waals surface area (Å²) in [6.45, 7) is 1.50. The Bertz CT molecular complexity index is 1560. The number of pyridine rings is 1. The molecular formula is C26H23F4N3O4. The van der Waals surface area contributed by atoms with E-state index in [2.05, 4.69) is 9.97 Å². The number of aromatic amines is 1. The van der Waals surface area contributed by atoms with Gasteiger partial charge in [-0.05, 0) is 67.4 Å². The molecule has 0 spiro atoms. The number of methoxy groups -OCH3 is 1. The molecule has 1 atom stereocenters. The Morgan fingerprint density at radius 3 is 2.51 bits per heavy atom. The number of aromatic nitrogens is 3. The van der Waals surface area contributed by atoms with Gasteiger partial charge >= 0.3 is 11.9 Å². The number of ether oxygens (including phenoxy) is 1. The number of aliphatic hydroxyl groups is 1. The number of nitrogens with zero attached hydrogens (tertiary/aromatic N) is 2. The van der Waals surface area contributed by atoms with Crippen LogP contribution in [0.1, 0.15) is 34.5 Å². The van der Waals surface area contributed by atoms with Crippen LogP contribution in [-0.2, 0) is 12.6 Å². The molecule has 2 aromatic carbocycles. The Morgan fingerprint density at radius 1 is 1.14 bits per heavy atom. The lowest BCUT2D eigenvalue weighted by Gasteiger charge is -2.30. The Kier molecular flexibility index (Phi) is 6.68. The molecule has 0 saturated heterocycles. The number of alkyl halides is 3. The van der Waals surface area contributed by atoms with Crippen molar-refractivity contribution < 1.29 is 32.2 Å². The molecule has 0 aliphatic carbocycles. The van der Waals surface area contributed by atoms with E-state index in [1.165, 1.54) is 62.0 Å². The van der Waals surface area contributed by atoms with Gasteiger partial charge in [0.05, 0.1) is 23.8 Å². The van der Waals surface area contributed by atoms with Gasteiger partial charge in [-0.3, -0.25) is 9.36 Å². The minimum Gasteiger partial charge on any atom is -0.494 e. The number of imidazole rings is 1. The molecule has 2 N–H and O–H groups in total. The molecule has 0 aliphatic heterocycles. The first-order valence-corrected chi connectivity index (χ1v) is 11.2. The number of rotatable bonds is 7. The predicted octanol–water partition coefficient (Wildman–Crippen LogP) is 4.80. The Hall–Kier alpha value is -3.99. The van der Waals surface area contributed by atoms with Crippen LogP contribution < -0.4 is 10.4 Å². The van der Waals surface area contributed by atoms with E-state index in [4.69, 9.17) is 4.74 Å². The lowest BCUT2D eigenvalue weighted by molar-refractivity contribution is -0.270. The zero-order chi connectivity index (χ0) is 27.1. The van der Waals surface area contributed by atoms with Gasteiger partial charge in [-0.2, -0.15) is 13.2 Å². The van der Waals surface area contributed by atoms with Crippen molar-refractivity contribution >= 4 is 16.8 Å². The van der Waals surface area contributed by atoms with E-state index in [-0.39, 0.29) is 22.6 Å². The highest BCUT2D eigenvalue weighted by atomic mass is 19.4. The molecule has 2 aromatic heterocycles. The third-order valence-electron chi connectivity index (χ3n) is 6.34. The van der Waals surface area contributed by atoms with Gasteiger partial charge in [-0.25, -0.2) is 14.2 Å². The number of aryl methyl sites for hydroxylation is 2. The van der Waals surface area contributed by atoms with Crippen molar-refractivity contribution in [2.75, 3.05) is 7.11 Å². The molecule has 0 bridgehead atoms. The van der Waals surface area contributed by atoms with Crippen LogP contribution in [0.5, 0.6) is 5.75 Å². The highest BCUT2D eigenvalue weighted by Crippen LogP contribution is 2.43. The molecule has 2 heterocycles. The van der Waals surface area contributed by atoms with Crippen molar-refractivity contribution in [1.82, 2.24) is 14.5 Å². The van der Waals surface area contributed by atoms with Crippen LogP contribution in [0.4, 0.5) is 17.6 Å². The number of ketones is 1. The van der Waals surface area contributed by atoms with E-state index >= 15 is 0 Å². The van der Waals surface area contributed by atoms with E-state index in [1.54, 1.807) is 0 Å². The maximum Gasteiger partial charge on any atom is 0.422 e. The number of halogens is 4. The molecule has 37 heavy (non-hydrogen) atoms. The third kappa shape index (κ3) is 4.74. The highest BCUT2D eigenvalue weighted by Gasteiger charge is 2.56. The number of Topliss-reactive ketones (excluding diaryl/α,β-unsaturated/α-hetero) is 1. The normalized spacial score (nSPS) is 13.5. The monoisotopic (exact) mass is 517 g/mol. The quantitative estimate of drug-likeness (QED) is 0.271. The van der Waals surface area contributed by atoms with Crippen molar-refractivity contribution in [2.24, 2.45) is 7.05 Å². The van der Waals surface area contributed by atoms with E-state index in [0.29, 0.717) is 16.6 Å². The molecule has 0 aliphatic rings. The van der Waals surface area contributed by atoms with Crippen LogP contribution in [0.2, 0.25) is 0 Å². The first-order chi connectivity index (χ1) is 17.4. The lowest BCUT2D eigenvalue weighted by Crippen LogP contribution is -2.43. The first-order valence-electron chi connectivity index (χ1n) is 11.2. The summed E-state index contributed by atoms with van der Waals surface area (Å²) in [5, 5.41) is 10.9. The first kappa shape index (κ1) is 26.1. The molecular weight excluding hydrogens is 494 g/mol.